The SMILES string of the molecule is COc1ccccc1Cn1c(=O)c2ccccc2n2c(=S)n(CN3CCOC(C)C3)nc12. The largest absolute Gasteiger partial charge is 0.496 e. The van der Waals surface area contributed by atoms with Crippen LogP contribution in [0.4, 0.5) is 0 Å². The van der Waals surface area contributed by atoms with E-state index >= 15 is 0 Å². The normalized spacial score (nSPS) is 17.2. The predicted octanol–water partition coefficient (Wildman–Crippen LogP) is 2.92. The molecule has 2 aromatic heterocycles. The second-order valence-corrected chi connectivity index (χ2v) is 8.40. The molecule has 1 atom stereocenters. The maximum atomic E-state index is 13.5. The molecule has 9 heteroatoms. The standard InChI is InChI=1S/C23H25N5O3S/c1-16-13-25(11-12-31-16)15-27-23(32)28-19-9-5-4-8-18(19)21(29)26(22(28)24-27)14-17-7-3-6-10-20(17)30-2/h3-10,16H,11-15H2,1-2H3. The molecule has 3 heterocycles. The van der Waals surface area contributed by atoms with Crippen molar-refractivity contribution in [2.75, 3.05) is 26.8 Å². The van der Waals surface area contributed by atoms with E-state index in [-0.39, 0.29) is 11.7 Å². The van der Waals surface area contributed by atoms with Crippen molar-refractivity contribution in [1.29, 1.82) is 0 Å². The molecule has 0 spiro atoms. The van der Waals surface area contributed by atoms with E-state index in [1.165, 1.54) is 0 Å². The fourth-order valence-corrected chi connectivity index (χ4v) is 4.59. The highest BCUT2D eigenvalue weighted by Crippen LogP contribution is 2.21. The van der Waals surface area contributed by atoms with Crippen LogP contribution in [0.2, 0.25) is 0 Å². The highest BCUT2D eigenvalue weighted by molar-refractivity contribution is 7.71. The van der Waals surface area contributed by atoms with Crippen LogP contribution in [0, 0.1) is 4.77 Å². The minimum atomic E-state index is -0.105. The lowest BCUT2D eigenvalue weighted by molar-refractivity contribution is -0.0306. The Bertz CT molecular complexity index is 1410. The number of aromatic nitrogens is 4. The molecular weight excluding hydrogens is 426 g/mol. The second kappa shape index (κ2) is 8.50. The van der Waals surface area contributed by atoms with Crippen molar-refractivity contribution < 1.29 is 9.47 Å². The van der Waals surface area contributed by atoms with Crippen molar-refractivity contribution in [1.82, 2.24) is 23.6 Å². The van der Waals surface area contributed by atoms with Gasteiger partial charge in [-0.3, -0.25) is 18.7 Å². The first-order chi connectivity index (χ1) is 15.6. The first-order valence-electron chi connectivity index (χ1n) is 10.6. The summed E-state index contributed by atoms with van der Waals surface area (Å²) in [5.41, 5.74) is 1.55. The van der Waals surface area contributed by atoms with Gasteiger partial charge in [-0.25, -0.2) is 4.68 Å². The highest BCUT2D eigenvalue weighted by atomic mass is 32.1. The molecular formula is C23H25N5O3S. The van der Waals surface area contributed by atoms with Crippen LogP contribution < -0.4 is 10.3 Å². The van der Waals surface area contributed by atoms with Gasteiger partial charge in [0.25, 0.3) is 5.56 Å². The van der Waals surface area contributed by atoms with E-state index in [2.05, 4.69) is 11.8 Å². The summed E-state index contributed by atoms with van der Waals surface area (Å²) in [6.45, 7) is 5.25. The van der Waals surface area contributed by atoms with Crippen molar-refractivity contribution in [3.8, 4) is 5.75 Å². The van der Waals surface area contributed by atoms with Crippen LogP contribution in [-0.2, 0) is 18.0 Å². The Morgan fingerprint density at radius 3 is 2.78 bits per heavy atom. The average Bonchev–Trinajstić information content (AvgIpc) is 3.12. The Morgan fingerprint density at radius 2 is 1.97 bits per heavy atom. The lowest BCUT2D eigenvalue weighted by Gasteiger charge is -2.30. The molecule has 1 fully saturated rings. The second-order valence-electron chi connectivity index (χ2n) is 8.04. The molecule has 0 N–H and O–H groups in total. The van der Waals surface area contributed by atoms with E-state index in [9.17, 15) is 4.79 Å². The third-order valence-electron chi connectivity index (χ3n) is 5.86. The molecule has 32 heavy (non-hydrogen) atoms. The van der Waals surface area contributed by atoms with E-state index in [0.29, 0.717) is 35.8 Å². The molecule has 0 saturated carbocycles. The van der Waals surface area contributed by atoms with Crippen LogP contribution in [0.25, 0.3) is 16.7 Å². The lowest BCUT2D eigenvalue weighted by Crippen LogP contribution is -2.42. The van der Waals surface area contributed by atoms with Gasteiger partial charge in [0, 0.05) is 18.7 Å². The molecule has 1 saturated heterocycles. The fourth-order valence-electron chi connectivity index (χ4n) is 4.31. The van der Waals surface area contributed by atoms with Gasteiger partial charge < -0.3 is 9.47 Å². The number of para-hydroxylation sites is 2. The number of ether oxygens (including phenoxy) is 2. The summed E-state index contributed by atoms with van der Waals surface area (Å²) in [6, 6.07) is 15.2. The van der Waals surface area contributed by atoms with Crippen molar-refractivity contribution in [3.05, 3.63) is 69.2 Å². The summed E-state index contributed by atoms with van der Waals surface area (Å²) in [4.78, 5) is 15.8. The molecule has 5 rings (SSSR count). The number of benzene rings is 2. The number of nitrogens with zero attached hydrogens (tertiary/aromatic N) is 5. The van der Waals surface area contributed by atoms with Gasteiger partial charge in [-0.05, 0) is 37.3 Å². The van der Waals surface area contributed by atoms with Crippen molar-refractivity contribution >= 4 is 28.9 Å². The smallest absolute Gasteiger partial charge is 0.263 e. The van der Waals surface area contributed by atoms with Crippen LogP contribution >= 0.6 is 12.2 Å². The van der Waals surface area contributed by atoms with Gasteiger partial charge >= 0.3 is 0 Å². The van der Waals surface area contributed by atoms with E-state index in [4.69, 9.17) is 26.8 Å². The minimum absolute atomic E-state index is 0.105. The number of morpholine rings is 1. The molecule has 1 unspecified atom stereocenters. The topological polar surface area (TPSA) is 65.9 Å². The molecule has 0 amide bonds. The molecule has 0 aliphatic carbocycles. The van der Waals surface area contributed by atoms with E-state index in [1.807, 2.05) is 52.9 Å². The van der Waals surface area contributed by atoms with Gasteiger partial charge in [0.15, 0.2) is 0 Å². The number of fused-ring (bicyclic) bond motifs is 3. The first kappa shape index (κ1) is 20.9. The minimum Gasteiger partial charge on any atom is -0.496 e. The predicted molar refractivity (Wildman–Crippen MR) is 125 cm³/mol. The molecule has 2 aromatic carbocycles. The molecule has 1 aliphatic rings. The zero-order chi connectivity index (χ0) is 22.2. The third kappa shape index (κ3) is 3.62. The van der Waals surface area contributed by atoms with Gasteiger partial charge in [0.05, 0.1) is 43.9 Å². The summed E-state index contributed by atoms with van der Waals surface area (Å²) >= 11 is 5.83. The van der Waals surface area contributed by atoms with E-state index in [1.54, 1.807) is 16.4 Å². The van der Waals surface area contributed by atoms with Crippen LogP contribution in [0.1, 0.15) is 12.5 Å². The Balaban J connectivity index is 1.69. The van der Waals surface area contributed by atoms with Crippen molar-refractivity contribution in [2.24, 2.45) is 0 Å². The van der Waals surface area contributed by atoms with Crippen LogP contribution in [0.15, 0.2) is 53.3 Å². The monoisotopic (exact) mass is 451 g/mol. The van der Waals surface area contributed by atoms with Gasteiger partial charge in [0.2, 0.25) is 10.5 Å². The Labute approximate surface area is 190 Å². The average molecular weight is 452 g/mol. The lowest BCUT2D eigenvalue weighted by atomic mass is 10.2. The number of rotatable bonds is 5. The molecule has 1 aliphatic heterocycles. The molecule has 166 valence electrons. The van der Waals surface area contributed by atoms with Crippen LogP contribution in [0.5, 0.6) is 5.75 Å². The van der Waals surface area contributed by atoms with Gasteiger partial charge in [-0.1, -0.05) is 30.3 Å². The maximum Gasteiger partial charge on any atom is 0.263 e. The Hall–Kier alpha value is -3.01. The van der Waals surface area contributed by atoms with Gasteiger partial charge in [-0.2, -0.15) is 0 Å². The van der Waals surface area contributed by atoms with E-state index < -0.39 is 0 Å². The third-order valence-corrected chi connectivity index (χ3v) is 6.26. The quantitative estimate of drug-likeness (QED) is 0.435. The van der Waals surface area contributed by atoms with Crippen LogP contribution in [0.3, 0.4) is 0 Å². The van der Waals surface area contributed by atoms with Gasteiger partial charge in [0.1, 0.15) is 5.75 Å². The zero-order valence-electron chi connectivity index (χ0n) is 18.1. The Morgan fingerprint density at radius 1 is 1.19 bits per heavy atom. The molecule has 0 radical (unpaired) electrons. The summed E-state index contributed by atoms with van der Waals surface area (Å²) in [5, 5.41) is 5.41. The summed E-state index contributed by atoms with van der Waals surface area (Å²) in [5.74, 6) is 1.25. The summed E-state index contributed by atoms with van der Waals surface area (Å²) < 4.78 is 17.1. The van der Waals surface area contributed by atoms with Gasteiger partial charge in [-0.15, -0.1) is 5.10 Å². The van der Waals surface area contributed by atoms with E-state index in [0.717, 1.165) is 29.9 Å². The molecule has 0 bridgehead atoms. The summed E-state index contributed by atoms with van der Waals surface area (Å²) in [7, 11) is 1.63. The zero-order valence-corrected chi connectivity index (χ0v) is 18.9. The first-order valence-corrected chi connectivity index (χ1v) is 11.0. The number of hydrogen-bond donors (Lipinski definition) is 0. The molecule has 8 nitrogen and oxygen atoms in total. The van der Waals surface area contributed by atoms with Crippen molar-refractivity contribution in [3.63, 3.8) is 0 Å². The number of methoxy groups -OCH3 is 1. The maximum absolute atomic E-state index is 13.5. The molecule has 4 aromatic rings. The number of hydrogen-bond acceptors (Lipinski definition) is 6. The fraction of sp³-hybridized carbons (Fsp3) is 0.348. The van der Waals surface area contributed by atoms with Crippen molar-refractivity contribution in [2.45, 2.75) is 26.2 Å². The summed E-state index contributed by atoms with van der Waals surface area (Å²) in [6.07, 6.45) is 0.166. The highest BCUT2D eigenvalue weighted by Gasteiger charge is 2.20. The Kier molecular flexibility index (Phi) is 5.54. The van der Waals surface area contributed by atoms with Crippen LogP contribution in [-0.4, -0.2) is 56.6 Å².